The molecule has 0 unspecified atom stereocenters. The maximum absolute atomic E-state index is 12.0. The zero-order chi connectivity index (χ0) is 13.0. The summed E-state index contributed by atoms with van der Waals surface area (Å²) in [6, 6.07) is 0. The average molecular weight is 252 g/mol. The average Bonchev–Trinajstić information content (AvgIpc) is 2.71. The lowest BCUT2D eigenvalue weighted by Gasteiger charge is -2.32. The Bertz CT molecular complexity index is 415. The molecule has 0 aromatic carbocycles. The molecule has 1 aliphatic rings. The van der Waals surface area contributed by atoms with Crippen LogP contribution >= 0.6 is 0 Å². The standard InChI is InChI=1S/C13H24N4O/c1-3-4-16-11-12-17(13(16)18)10-9-15-7-5-14(2)6-8-15/h11-12H,3-10H2,1-2H3. The quantitative estimate of drug-likeness (QED) is 0.756. The number of hydrogen-bond donors (Lipinski definition) is 0. The van der Waals surface area contributed by atoms with Crippen molar-refractivity contribution in [2.24, 2.45) is 0 Å². The van der Waals surface area contributed by atoms with Crippen LogP contribution in [0.25, 0.3) is 0 Å². The Kier molecular flexibility index (Phi) is 4.60. The first-order valence-electron chi connectivity index (χ1n) is 6.87. The smallest absolute Gasteiger partial charge is 0.304 e. The molecule has 2 heterocycles. The van der Waals surface area contributed by atoms with Crippen molar-refractivity contribution in [1.29, 1.82) is 0 Å². The third-order valence-corrected chi connectivity index (χ3v) is 3.64. The third-order valence-electron chi connectivity index (χ3n) is 3.64. The van der Waals surface area contributed by atoms with Crippen LogP contribution in [0.15, 0.2) is 17.2 Å². The molecule has 0 radical (unpaired) electrons. The van der Waals surface area contributed by atoms with E-state index in [1.165, 1.54) is 0 Å². The van der Waals surface area contributed by atoms with Gasteiger partial charge in [0.25, 0.3) is 0 Å². The van der Waals surface area contributed by atoms with Gasteiger partial charge in [0.15, 0.2) is 0 Å². The summed E-state index contributed by atoms with van der Waals surface area (Å²) in [5, 5.41) is 0. The number of hydrogen-bond acceptors (Lipinski definition) is 3. The fourth-order valence-corrected chi connectivity index (χ4v) is 2.36. The van der Waals surface area contributed by atoms with Gasteiger partial charge in [-0.3, -0.25) is 14.0 Å². The van der Waals surface area contributed by atoms with E-state index in [0.717, 1.165) is 52.2 Å². The molecule has 18 heavy (non-hydrogen) atoms. The molecule has 1 aromatic rings. The third kappa shape index (κ3) is 3.23. The van der Waals surface area contributed by atoms with Crippen LogP contribution in [-0.2, 0) is 13.1 Å². The van der Waals surface area contributed by atoms with Crippen LogP contribution < -0.4 is 5.69 Å². The van der Waals surface area contributed by atoms with E-state index >= 15 is 0 Å². The first-order valence-corrected chi connectivity index (χ1v) is 6.87. The van der Waals surface area contributed by atoms with Gasteiger partial charge in [-0.05, 0) is 13.5 Å². The molecule has 0 N–H and O–H groups in total. The van der Waals surface area contributed by atoms with E-state index in [1.54, 1.807) is 4.57 Å². The van der Waals surface area contributed by atoms with Crippen LogP contribution in [0.5, 0.6) is 0 Å². The maximum atomic E-state index is 12.0. The molecule has 0 atom stereocenters. The summed E-state index contributed by atoms with van der Waals surface area (Å²) >= 11 is 0. The molecular formula is C13H24N4O. The summed E-state index contributed by atoms with van der Waals surface area (Å²) < 4.78 is 3.62. The van der Waals surface area contributed by atoms with Gasteiger partial charge >= 0.3 is 5.69 Å². The second-order valence-electron chi connectivity index (χ2n) is 5.11. The number of imidazole rings is 1. The molecule has 0 aliphatic carbocycles. The fraction of sp³-hybridized carbons (Fsp3) is 0.769. The molecule has 0 spiro atoms. The molecule has 5 nitrogen and oxygen atoms in total. The van der Waals surface area contributed by atoms with E-state index in [2.05, 4.69) is 23.8 Å². The highest BCUT2D eigenvalue weighted by Crippen LogP contribution is 1.99. The van der Waals surface area contributed by atoms with E-state index in [1.807, 2.05) is 17.0 Å². The molecule has 0 saturated carbocycles. The van der Waals surface area contributed by atoms with Crippen molar-refractivity contribution in [1.82, 2.24) is 18.9 Å². The Labute approximate surface area is 109 Å². The van der Waals surface area contributed by atoms with Gasteiger partial charge in [0, 0.05) is 58.2 Å². The molecule has 1 fully saturated rings. The van der Waals surface area contributed by atoms with Gasteiger partial charge in [-0.25, -0.2) is 4.79 Å². The molecule has 5 heteroatoms. The molecule has 102 valence electrons. The van der Waals surface area contributed by atoms with Gasteiger partial charge in [-0.1, -0.05) is 6.92 Å². The number of aromatic nitrogens is 2. The van der Waals surface area contributed by atoms with Crippen molar-refractivity contribution in [2.45, 2.75) is 26.4 Å². The Morgan fingerprint density at radius 2 is 1.61 bits per heavy atom. The first kappa shape index (κ1) is 13.4. The molecule has 2 rings (SSSR count). The van der Waals surface area contributed by atoms with Crippen LogP contribution in [0.2, 0.25) is 0 Å². The zero-order valence-corrected chi connectivity index (χ0v) is 11.5. The highest BCUT2D eigenvalue weighted by atomic mass is 16.1. The molecule has 0 amide bonds. The van der Waals surface area contributed by atoms with E-state index in [-0.39, 0.29) is 5.69 Å². The monoisotopic (exact) mass is 252 g/mol. The number of aryl methyl sites for hydroxylation is 1. The number of likely N-dealkylation sites (N-methyl/N-ethyl adjacent to an activating group) is 1. The molecule has 1 aliphatic heterocycles. The second-order valence-corrected chi connectivity index (χ2v) is 5.11. The number of nitrogens with zero attached hydrogens (tertiary/aromatic N) is 4. The molecule has 1 saturated heterocycles. The maximum Gasteiger partial charge on any atom is 0.328 e. The first-order chi connectivity index (χ1) is 8.70. The van der Waals surface area contributed by atoms with Gasteiger partial charge in [0.05, 0.1) is 0 Å². The van der Waals surface area contributed by atoms with E-state index in [0.29, 0.717) is 0 Å². The van der Waals surface area contributed by atoms with E-state index in [4.69, 9.17) is 0 Å². The zero-order valence-electron chi connectivity index (χ0n) is 11.5. The van der Waals surface area contributed by atoms with Crippen LogP contribution in [0.3, 0.4) is 0 Å². The predicted molar refractivity (Wildman–Crippen MR) is 72.9 cm³/mol. The van der Waals surface area contributed by atoms with Crippen LogP contribution in [0.4, 0.5) is 0 Å². The van der Waals surface area contributed by atoms with Gasteiger partial charge in [0.2, 0.25) is 0 Å². The summed E-state index contributed by atoms with van der Waals surface area (Å²) in [5.74, 6) is 0. The predicted octanol–water partition coefficient (Wildman–Crippen LogP) is 0.307. The highest BCUT2D eigenvalue weighted by molar-refractivity contribution is 4.82. The van der Waals surface area contributed by atoms with Crippen LogP contribution in [-0.4, -0.2) is 58.7 Å². The van der Waals surface area contributed by atoms with Crippen molar-refractivity contribution in [2.75, 3.05) is 39.8 Å². The molecule has 0 bridgehead atoms. The van der Waals surface area contributed by atoms with Crippen molar-refractivity contribution >= 4 is 0 Å². The minimum Gasteiger partial charge on any atom is -0.304 e. The number of rotatable bonds is 5. The normalized spacial score (nSPS) is 18.3. The number of piperazine rings is 1. The van der Waals surface area contributed by atoms with Gasteiger partial charge in [0.1, 0.15) is 0 Å². The van der Waals surface area contributed by atoms with E-state index < -0.39 is 0 Å². The minimum atomic E-state index is 0.131. The van der Waals surface area contributed by atoms with Gasteiger partial charge < -0.3 is 4.90 Å². The Balaban J connectivity index is 1.85. The Morgan fingerprint density at radius 1 is 1.00 bits per heavy atom. The van der Waals surface area contributed by atoms with Gasteiger partial charge in [-0.2, -0.15) is 0 Å². The van der Waals surface area contributed by atoms with Crippen molar-refractivity contribution in [3.8, 4) is 0 Å². The lowest BCUT2D eigenvalue weighted by Crippen LogP contribution is -2.45. The van der Waals surface area contributed by atoms with Crippen LogP contribution in [0.1, 0.15) is 13.3 Å². The van der Waals surface area contributed by atoms with E-state index in [9.17, 15) is 4.79 Å². The lowest BCUT2D eigenvalue weighted by molar-refractivity contribution is 0.149. The minimum absolute atomic E-state index is 0.131. The summed E-state index contributed by atoms with van der Waals surface area (Å²) in [6.45, 7) is 9.18. The van der Waals surface area contributed by atoms with Crippen LogP contribution in [0, 0.1) is 0 Å². The van der Waals surface area contributed by atoms with Gasteiger partial charge in [-0.15, -0.1) is 0 Å². The summed E-state index contributed by atoms with van der Waals surface area (Å²) in [4.78, 5) is 16.8. The summed E-state index contributed by atoms with van der Waals surface area (Å²) in [6.07, 6.45) is 4.81. The topological polar surface area (TPSA) is 33.4 Å². The molecular weight excluding hydrogens is 228 g/mol. The fourth-order valence-electron chi connectivity index (χ4n) is 2.36. The molecule has 1 aromatic heterocycles. The SMILES string of the molecule is CCCn1ccn(CCN2CCN(C)CC2)c1=O. The largest absolute Gasteiger partial charge is 0.328 e. The second kappa shape index (κ2) is 6.20. The highest BCUT2D eigenvalue weighted by Gasteiger charge is 2.13. The van der Waals surface area contributed by atoms with Crippen molar-refractivity contribution in [3.63, 3.8) is 0 Å². The Morgan fingerprint density at radius 3 is 2.22 bits per heavy atom. The Hall–Kier alpha value is -1.07. The summed E-state index contributed by atoms with van der Waals surface area (Å²) in [7, 11) is 2.16. The van der Waals surface area contributed by atoms with Crippen molar-refractivity contribution < 1.29 is 0 Å². The summed E-state index contributed by atoms with van der Waals surface area (Å²) in [5.41, 5.74) is 0.131. The van der Waals surface area contributed by atoms with Crippen molar-refractivity contribution in [3.05, 3.63) is 22.9 Å². The lowest BCUT2D eigenvalue weighted by atomic mass is 10.3.